The molecule has 0 N–H and O–H groups in total. The summed E-state index contributed by atoms with van der Waals surface area (Å²) >= 11 is 5.94. The highest BCUT2D eigenvalue weighted by atomic mass is 35.5. The van der Waals surface area contributed by atoms with Gasteiger partial charge in [-0.1, -0.05) is 11.6 Å². The molecular weight excluding hydrogens is 236 g/mol. The van der Waals surface area contributed by atoms with Crippen LogP contribution >= 0.6 is 11.6 Å². The van der Waals surface area contributed by atoms with Gasteiger partial charge in [-0.05, 0) is 18.2 Å². The van der Waals surface area contributed by atoms with Crippen LogP contribution in [0.3, 0.4) is 0 Å². The fourth-order valence-corrected chi connectivity index (χ4v) is 2.06. The number of rotatable bonds is 2. The van der Waals surface area contributed by atoms with Crippen LogP contribution < -0.4 is 9.64 Å². The summed E-state index contributed by atoms with van der Waals surface area (Å²) in [7, 11) is 1.52. The first-order valence-electron chi connectivity index (χ1n) is 4.98. The Morgan fingerprint density at radius 3 is 2.69 bits per heavy atom. The van der Waals surface area contributed by atoms with E-state index in [1.807, 2.05) is 0 Å². The number of hydrogen-bond acceptors (Lipinski definition) is 2. The molecule has 2 nitrogen and oxygen atoms in total. The van der Waals surface area contributed by atoms with Crippen LogP contribution in [0.15, 0.2) is 18.2 Å². The Bertz CT molecular complexity index is 398. The minimum atomic E-state index is -2.59. The molecule has 1 aromatic rings. The van der Waals surface area contributed by atoms with Gasteiger partial charge in [-0.25, -0.2) is 8.78 Å². The van der Waals surface area contributed by atoms with E-state index < -0.39 is 5.92 Å². The van der Waals surface area contributed by atoms with Crippen LogP contribution in [0.1, 0.15) is 6.42 Å². The van der Waals surface area contributed by atoms with Crippen molar-refractivity contribution in [2.45, 2.75) is 12.3 Å². The third kappa shape index (κ3) is 2.21. The lowest BCUT2D eigenvalue weighted by atomic mass is 10.3. The molecule has 1 saturated heterocycles. The summed E-state index contributed by atoms with van der Waals surface area (Å²) in [6.45, 7) is 0.116. The molecule has 0 spiro atoms. The molecule has 1 fully saturated rings. The monoisotopic (exact) mass is 247 g/mol. The largest absolute Gasteiger partial charge is 0.495 e. The number of ether oxygens (including phenoxy) is 1. The lowest BCUT2D eigenvalue weighted by Crippen LogP contribution is -2.24. The van der Waals surface area contributed by atoms with Crippen molar-refractivity contribution < 1.29 is 13.5 Å². The highest BCUT2D eigenvalue weighted by Gasteiger charge is 2.38. The van der Waals surface area contributed by atoms with Gasteiger partial charge < -0.3 is 9.64 Å². The Morgan fingerprint density at radius 1 is 1.44 bits per heavy atom. The lowest BCUT2D eigenvalue weighted by Gasteiger charge is -2.19. The van der Waals surface area contributed by atoms with E-state index in [1.54, 1.807) is 23.1 Å². The number of anilines is 1. The highest BCUT2D eigenvalue weighted by Crippen LogP contribution is 2.34. The maximum atomic E-state index is 13.0. The second-order valence-corrected chi connectivity index (χ2v) is 4.25. The molecule has 0 aliphatic carbocycles. The van der Waals surface area contributed by atoms with Crippen molar-refractivity contribution >= 4 is 17.3 Å². The summed E-state index contributed by atoms with van der Waals surface area (Å²) in [6, 6.07) is 5.09. The van der Waals surface area contributed by atoms with Gasteiger partial charge in [0.2, 0.25) is 0 Å². The Kier molecular flexibility index (Phi) is 2.93. The van der Waals surface area contributed by atoms with Crippen molar-refractivity contribution in [2.24, 2.45) is 0 Å². The van der Waals surface area contributed by atoms with Gasteiger partial charge in [0.1, 0.15) is 5.75 Å². The van der Waals surface area contributed by atoms with Gasteiger partial charge in [0, 0.05) is 18.7 Å². The van der Waals surface area contributed by atoms with E-state index in [4.69, 9.17) is 16.3 Å². The normalized spacial score (nSPS) is 18.9. The molecule has 1 aromatic carbocycles. The van der Waals surface area contributed by atoms with Crippen molar-refractivity contribution in [3.05, 3.63) is 23.2 Å². The van der Waals surface area contributed by atoms with Crippen molar-refractivity contribution in [3.63, 3.8) is 0 Å². The number of nitrogens with zero attached hydrogens (tertiary/aromatic N) is 1. The Morgan fingerprint density at radius 2 is 2.19 bits per heavy atom. The Labute approximate surface area is 97.8 Å². The van der Waals surface area contributed by atoms with Gasteiger partial charge >= 0.3 is 0 Å². The molecule has 1 heterocycles. The summed E-state index contributed by atoms with van der Waals surface area (Å²) in [5, 5.41) is 0.440. The smallest absolute Gasteiger partial charge is 0.266 e. The van der Waals surface area contributed by atoms with Crippen LogP contribution in [-0.2, 0) is 0 Å². The van der Waals surface area contributed by atoms with Gasteiger partial charge in [0.05, 0.1) is 18.7 Å². The van der Waals surface area contributed by atoms with Gasteiger partial charge in [0.15, 0.2) is 0 Å². The summed E-state index contributed by atoms with van der Waals surface area (Å²) in [6.07, 6.45) is -0.101. The van der Waals surface area contributed by atoms with E-state index in [0.29, 0.717) is 23.0 Å². The molecule has 0 aromatic heterocycles. The van der Waals surface area contributed by atoms with E-state index in [9.17, 15) is 8.78 Å². The van der Waals surface area contributed by atoms with Gasteiger partial charge in [-0.15, -0.1) is 0 Å². The van der Waals surface area contributed by atoms with Crippen LogP contribution in [0.4, 0.5) is 14.5 Å². The number of alkyl halides is 2. The third-order valence-electron chi connectivity index (χ3n) is 2.67. The molecule has 1 aliphatic rings. The molecule has 2 rings (SSSR count). The Balaban J connectivity index is 2.20. The standard InChI is InChI=1S/C11H12ClF2NO/c1-16-10-3-2-8(6-9(10)12)15-5-4-11(13,14)7-15/h2-3,6H,4-5,7H2,1H3. The molecule has 88 valence electrons. The van der Waals surface area contributed by atoms with E-state index in [1.165, 1.54) is 7.11 Å². The number of halogens is 3. The molecule has 0 atom stereocenters. The van der Waals surface area contributed by atoms with Crippen LogP contribution in [0, 0.1) is 0 Å². The minimum Gasteiger partial charge on any atom is -0.495 e. The SMILES string of the molecule is COc1ccc(N2CCC(F)(F)C2)cc1Cl. The van der Waals surface area contributed by atoms with E-state index in [-0.39, 0.29) is 13.0 Å². The third-order valence-corrected chi connectivity index (χ3v) is 2.97. The molecule has 16 heavy (non-hydrogen) atoms. The maximum absolute atomic E-state index is 13.0. The van der Waals surface area contributed by atoms with Gasteiger partial charge in [-0.2, -0.15) is 0 Å². The molecule has 0 unspecified atom stereocenters. The van der Waals surface area contributed by atoms with Crippen LogP contribution in [0.2, 0.25) is 5.02 Å². The second-order valence-electron chi connectivity index (χ2n) is 3.85. The molecule has 1 aliphatic heterocycles. The van der Waals surface area contributed by atoms with Crippen molar-refractivity contribution in [3.8, 4) is 5.75 Å². The quantitative estimate of drug-likeness (QED) is 0.796. The van der Waals surface area contributed by atoms with E-state index in [2.05, 4.69) is 0 Å². The summed E-state index contributed by atoms with van der Waals surface area (Å²) < 4.78 is 31.1. The number of methoxy groups -OCH3 is 1. The zero-order valence-electron chi connectivity index (χ0n) is 8.84. The highest BCUT2D eigenvalue weighted by molar-refractivity contribution is 6.32. The first kappa shape index (κ1) is 11.5. The van der Waals surface area contributed by atoms with E-state index >= 15 is 0 Å². The second kappa shape index (κ2) is 4.09. The zero-order chi connectivity index (χ0) is 11.8. The molecular formula is C11H12ClF2NO. The van der Waals surface area contributed by atoms with Gasteiger partial charge in [-0.3, -0.25) is 0 Å². The average Bonchev–Trinajstić information content (AvgIpc) is 2.59. The maximum Gasteiger partial charge on any atom is 0.266 e. The average molecular weight is 248 g/mol. The number of benzene rings is 1. The van der Waals surface area contributed by atoms with Crippen molar-refractivity contribution in [2.75, 3.05) is 25.1 Å². The van der Waals surface area contributed by atoms with Crippen LogP contribution in [0.5, 0.6) is 5.75 Å². The van der Waals surface area contributed by atoms with Gasteiger partial charge in [0.25, 0.3) is 5.92 Å². The minimum absolute atomic E-state index is 0.101. The fraction of sp³-hybridized carbons (Fsp3) is 0.455. The fourth-order valence-electron chi connectivity index (χ4n) is 1.81. The predicted octanol–water partition coefficient (Wildman–Crippen LogP) is 3.19. The first-order chi connectivity index (χ1) is 7.52. The summed E-state index contributed by atoms with van der Waals surface area (Å²) in [4.78, 5) is 1.63. The van der Waals surface area contributed by atoms with Crippen molar-refractivity contribution in [1.29, 1.82) is 0 Å². The molecule has 0 radical (unpaired) electrons. The molecule has 5 heteroatoms. The predicted molar refractivity (Wildman–Crippen MR) is 59.8 cm³/mol. The zero-order valence-corrected chi connectivity index (χ0v) is 9.60. The summed E-state index contributed by atoms with van der Waals surface area (Å²) in [5.74, 6) is -2.04. The molecule has 0 bridgehead atoms. The van der Waals surface area contributed by atoms with Crippen LogP contribution in [-0.4, -0.2) is 26.1 Å². The van der Waals surface area contributed by atoms with Crippen LogP contribution in [0.25, 0.3) is 0 Å². The van der Waals surface area contributed by atoms with E-state index in [0.717, 1.165) is 0 Å². The molecule has 0 saturated carbocycles. The van der Waals surface area contributed by atoms with Crippen molar-refractivity contribution in [1.82, 2.24) is 0 Å². The first-order valence-corrected chi connectivity index (χ1v) is 5.36. The topological polar surface area (TPSA) is 12.5 Å². The Hall–Kier alpha value is -1.03. The summed E-state index contributed by atoms with van der Waals surface area (Å²) in [5.41, 5.74) is 0.711. The lowest BCUT2D eigenvalue weighted by molar-refractivity contribution is 0.0257. The number of hydrogen-bond donors (Lipinski definition) is 0. The molecule has 0 amide bonds.